The zero-order chi connectivity index (χ0) is 16.1. The molecule has 0 saturated heterocycles. The summed E-state index contributed by atoms with van der Waals surface area (Å²) in [7, 11) is 3.23. The molecule has 1 amide bonds. The average Bonchev–Trinajstić information content (AvgIpc) is 2.88. The van der Waals surface area contributed by atoms with Gasteiger partial charge in [-0.3, -0.25) is 4.79 Å². The summed E-state index contributed by atoms with van der Waals surface area (Å²) in [5.41, 5.74) is 1.54. The van der Waals surface area contributed by atoms with Gasteiger partial charge in [0.2, 0.25) is 0 Å². The highest BCUT2D eigenvalue weighted by Crippen LogP contribution is 2.20. The van der Waals surface area contributed by atoms with Gasteiger partial charge in [0.1, 0.15) is 6.04 Å². The van der Waals surface area contributed by atoms with E-state index in [-0.39, 0.29) is 5.91 Å². The van der Waals surface area contributed by atoms with Crippen molar-refractivity contribution in [2.75, 3.05) is 19.1 Å². The van der Waals surface area contributed by atoms with E-state index in [9.17, 15) is 9.59 Å². The monoisotopic (exact) mass is 320 g/mol. The van der Waals surface area contributed by atoms with Crippen LogP contribution in [0.4, 0.5) is 0 Å². The summed E-state index contributed by atoms with van der Waals surface area (Å²) in [4.78, 5) is 24.3. The number of hydrogen-bond acceptors (Lipinski definition) is 4. The number of aryl methyl sites for hydroxylation is 1. The molecule has 0 radical (unpaired) electrons. The number of nitrogens with zero attached hydrogens (tertiary/aromatic N) is 1. The Bertz CT molecular complexity index is 681. The number of ether oxygens (including phenoxy) is 1. The van der Waals surface area contributed by atoms with Crippen LogP contribution < -0.4 is 5.32 Å². The van der Waals surface area contributed by atoms with E-state index < -0.39 is 12.0 Å². The highest BCUT2D eigenvalue weighted by atomic mass is 32.2. The zero-order valence-electron chi connectivity index (χ0n) is 13.0. The number of aromatic nitrogens is 1. The second kappa shape index (κ2) is 7.35. The molecule has 1 atom stereocenters. The number of hydrogen-bond donors (Lipinski definition) is 1. The van der Waals surface area contributed by atoms with Crippen molar-refractivity contribution < 1.29 is 14.3 Å². The van der Waals surface area contributed by atoms with Crippen molar-refractivity contribution >= 4 is 34.5 Å². The van der Waals surface area contributed by atoms with Gasteiger partial charge in [-0.15, -0.1) is 0 Å². The van der Waals surface area contributed by atoms with E-state index in [1.54, 1.807) is 18.0 Å². The van der Waals surface area contributed by atoms with Crippen molar-refractivity contribution in [3.8, 4) is 0 Å². The third-order valence-electron chi connectivity index (χ3n) is 3.54. The Morgan fingerprint density at radius 3 is 2.77 bits per heavy atom. The van der Waals surface area contributed by atoms with Gasteiger partial charge in [-0.05, 0) is 24.5 Å². The Morgan fingerprint density at radius 2 is 2.09 bits per heavy atom. The van der Waals surface area contributed by atoms with E-state index in [1.165, 1.54) is 7.11 Å². The third kappa shape index (κ3) is 3.44. The van der Waals surface area contributed by atoms with Crippen molar-refractivity contribution in [1.29, 1.82) is 0 Å². The van der Waals surface area contributed by atoms with Crippen LogP contribution in [0.1, 0.15) is 16.8 Å². The van der Waals surface area contributed by atoms with Gasteiger partial charge in [-0.1, -0.05) is 18.2 Å². The van der Waals surface area contributed by atoms with E-state index >= 15 is 0 Å². The summed E-state index contributed by atoms with van der Waals surface area (Å²) < 4.78 is 6.67. The highest BCUT2D eigenvalue weighted by Gasteiger charge is 2.23. The number of esters is 1. The summed E-state index contributed by atoms with van der Waals surface area (Å²) in [6.07, 6.45) is 4.29. The van der Waals surface area contributed by atoms with Crippen LogP contribution in [0.2, 0.25) is 0 Å². The van der Waals surface area contributed by atoms with Gasteiger partial charge in [0, 0.05) is 24.1 Å². The lowest BCUT2D eigenvalue weighted by Crippen LogP contribution is -2.41. The molecule has 0 unspecified atom stereocenters. The van der Waals surface area contributed by atoms with Crippen LogP contribution in [0, 0.1) is 0 Å². The molecular formula is C16H20N2O3S. The maximum Gasteiger partial charge on any atom is 0.328 e. The van der Waals surface area contributed by atoms with Gasteiger partial charge >= 0.3 is 5.97 Å². The molecule has 5 nitrogen and oxygen atoms in total. The predicted octanol–water partition coefficient (Wildman–Crippen LogP) is 2.20. The molecule has 0 saturated carbocycles. The van der Waals surface area contributed by atoms with Crippen molar-refractivity contribution in [2.24, 2.45) is 7.05 Å². The van der Waals surface area contributed by atoms with Gasteiger partial charge in [0.05, 0.1) is 12.7 Å². The van der Waals surface area contributed by atoms with Gasteiger partial charge in [0.25, 0.3) is 5.91 Å². The molecule has 22 heavy (non-hydrogen) atoms. The smallest absolute Gasteiger partial charge is 0.328 e. The number of thioether (sulfide) groups is 1. The molecule has 2 aromatic rings. The molecule has 1 heterocycles. The minimum absolute atomic E-state index is 0.256. The van der Waals surface area contributed by atoms with E-state index in [0.29, 0.717) is 12.0 Å². The molecule has 118 valence electrons. The van der Waals surface area contributed by atoms with Gasteiger partial charge in [-0.25, -0.2) is 4.79 Å². The lowest BCUT2D eigenvalue weighted by molar-refractivity contribution is -0.142. The van der Waals surface area contributed by atoms with Gasteiger partial charge in [-0.2, -0.15) is 11.8 Å². The van der Waals surface area contributed by atoms with Crippen molar-refractivity contribution in [3.05, 3.63) is 36.0 Å². The summed E-state index contributed by atoms with van der Waals surface area (Å²) in [5.74, 6) is 0.103. The number of rotatable bonds is 6. The minimum atomic E-state index is -0.621. The second-order valence-corrected chi connectivity index (χ2v) is 5.99. The number of benzene rings is 1. The highest BCUT2D eigenvalue weighted by molar-refractivity contribution is 7.98. The lowest BCUT2D eigenvalue weighted by atomic mass is 10.1. The Morgan fingerprint density at radius 1 is 1.36 bits per heavy atom. The van der Waals surface area contributed by atoms with Crippen LogP contribution in [0.25, 0.3) is 10.9 Å². The van der Waals surface area contributed by atoms with Gasteiger partial charge in [0.15, 0.2) is 0 Å². The summed E-state index contributed by atoms with van der Waals surface area (Å²) >= 11 is 1.62. The lowest BCUT2D eigenvalue weighted by Gasteiger charge is -2.15. The molecule has 6 heteroatoms. The molecule has 1 N–H and O–H groups in total. The van der Waals surface area contributed by atoms with Crippen LogP contribution in [-0.4, -0.2) is 41.6 Å². The van der Waals surface area contributed by atoms with Gasteiger partial charge < -0.3 is 14.6 Å². The van der Waals surface area contributed by atoms with Crippen molar-refractivity contribution in [1.82, 2.24) is 9.88 Å². The SMILES string of the molecule is COC(=O)[C@@H](CCSC)NC(=O)c1cn(C)c2ccccc12. The fourth-order valence-corrected chi connectivity index (χ4v) is 2.86. The summed E-state index contributed by atoms with van der Waals surface area (Å²) in [5, 5.41) is 3.66. The Labute approximate surface area is 134 Å². The number of nitrogens with one attached hydrogen (secondary N) is 1. The summed E-state index contributed by atoms with van der Waals surface area (Å²) in [6, 6.07) is 7.06. The third-order valence-corrected chi connectivity index (χ3v) is 4.19. The van der Waals surface area contributed by atoms with Crippen molar-refractivity contribution in [3.63, 3.8) is 0 Å². The Hall–Kier alpha value is -1.95. The number of carbonyl (C=O) groups is 2. The molecule has 0 aliphatic heterocycles. The Kier molecular flexibility index (Phi) is 5.49. The first-order chi connectivity index (χ1) is 10.6. The first-order valence-corrected chi connectivity index (χ1v) is 8.39. The molecule has 1 aromatic heterocycles. The number of methoxy groups -OCH3 is 1. The van der Waals surface area contributed by atoms with E-state index in [0.717, 1.165) is 16.7 Å². The molecule has 0 spiro atoms. The predicted molar refractivity (Wildman–Crippen MR) is 89.2 cm³/mol. The molecule has 0 fully saturated rings. The first kappa shape index (κ1) is 16.4. The van der Waals surface area contributed by atoms with E-state index in [1.807, 2.05) is 42.1 Å². The zero-order valence-corrected chi connectivity index (χ0v) is 13.8. The maximum absolute atomic E-state index is 12.5. The fraction of sp³-hybridized carbons (Fsp3) is 0.375. The fourth-order valence-electron chi connectivity index (χ4n) is 2.39. The molecule has 2 rings (SSSR count). The van der Waals surface area contributed by atoms with Crippen LogP contribution in [0.15, 0.2) is 30.5 Å². The second-order valence-electron chi connectivity index (χ2n) is 5.00. The molecule has 0 aliphatic rings. The van der Waals surface area contributed by atoms with Crippen molar-refractivity contribution in [2.45, 2.75) is 12.5 Å². The van der Waals surface area contributed by atoms with Crippen LogP contribution in [0.5, 0.6) is 0 Å². The number of para-hydroxylation sites is 1. The topological polar surface area (TPSA) is 60.3 Å². The number of fused-ring (bicyclic) bond motifs is 1. The minimum Gasteiger partial charge on any atom is -0.467 e. The quantitative estimate of drug-likeness (QED) is 0.829. The molecular weight excluding hydrogens is 300 g/mol. The van der Waals surface area contributed by atoms with Crippen LogP contribution in [0.3, 0.4) is 0 Å². The average molecular weight is 320 g/mol. The van der Waals surface area contributed by atoms with Crippen LogP contribution in [-0.2, 0) is 16.6 Å². The number of carbonyl (C=O) groups excluding carboxylic acids is 2. The number of amides is 1. The largest absolute Gasteiger partial charge is 0.467 e. The summed E-state index contributed by atoms with van der Waals surface area (Å²) in [6.45, 7) is 0. The maximum atomic E-state index is 12.5. The van der Waals surface area contributed by atoms with E-state index in [4.69, 9.17) is 4.74 Å². The molecule has 1 aromatic carbocycles. The van der Waals surface area contributed by atoms with Crippen LogP contribution >= 0.6 is 11.8 Å². The standard InChI is InChI=1S/C16H20N2O3S/c1-18-10-12(11-6-4-5-7-14(11)18)15(19)17-13(8-9-22-3)16(20)21-2/h4-7,10,13H,8-9H2,1-3H3,(H,17,19)/t13-/m1/s1. The Balaban J connectivity index is 2.23. The molecule has 0 aliphatic carbocycles. The first-order valence-electron chi connectivity index (χ1n) is 7.00. The van der Waals surface area contributed by atoms with E-state index in [2.05, 4.69) is 5.32 Å². The molecule has 0 bridgehead atoms. The normalized spacial score (nSPS) is 12.1.